The van der Waals surface area contributed by atoms with Gasteiger partial charge in [-0.2, -0.15) is 4.98 Å². The molecule has 3 aromatic rings. The largest absolute Gasteiger partial charge is 0.485 e. The van der Waals surface area contributed by atoms with Crippen molar-refractivity contribution in [3.05, 3.63) is 69.0 Å². The summed E-state index contributed by atoms with van der Waals surface area (Å²) in [5.74, 6) is 1.62. The summed E-state index contributed by atoms with van der Waals surface area (Å²) in [6.45, 7) is 1.97. The third-order valence-electron chi connectivity index (χ3n) is 3.06. The zero-order valence-electron chi connectivity index (χ0n) is 12.7. The number of carbonyl (C=O) groups excluding carboxylic acids is 1. The van der Waals surface area contributed by atoms with Crippen molar-refractivity contribution < 1.29 is 14.1 Å². The van der Waals surface area contributed by atoms with Gasteiger partial charge in [0.2, 0.25) is 11.7 Å². The number of aromatic nitrogens is 2. The van der Waals surface area contributed by atoms with Crippen LogP contribution in [0.15, 0.2) is 47.0 Å². The van der Waals surface area contributed by atoms with E-state index >= 15 is 0 Å². The molecule has 0 atom stereocenters. The molecule has 0 radical (unpaired) electrons. The van der Waals surface area contributed by atoms with E-state index in [2.05, 4.69) is 10.1 Å². The van der Waals surface area contributed by atoms with E-state index in [1.165, 1.54) is 17.4 Å². The Kier molecular flexibility index (Phi) is 5.08. The second-order valence-corrected chi connectivity index (χ2v) is 6.60. The molecule has 0 aliphatic rings. The van der Waals surface area contributed by atoms with Crippen LogP contribution < -0.4 is 4.74 Å². The van der Waals surface area contributed by atoms with Gasteiger partial charge in [-0.3, -0.25) is 4.79 Å². The van der Waals surface area contributed by atoms with Crippen molar-refractivity contribution in [2.24, 2.45) is 0 Å². The SMILES string of the molecule is Cc1nc(COc2ccc(C=CC(=O)c3ccc(Cl)s3)cc2)no1. The molecule has 0 spiro atoms. The Bertz CT molecular complexity index is 868. The zero-order valence-corrected chi connectivity index (χ0v) is 14.3. The normalized spacial score (nSPS) is 11.1. The number of rotatable bonds is 6. The van der Waals surface area contributed by atoms with E-state index < -0.39 is 0 Å². The van der Waals surface area contributed by atoms with Crippen LogP contribution in [0.1, 0.15) is 27.0 Å². The predicted molar refractivity (Wildman–Crippen MR) is 92.5 cm³/mol. The molecule has 0 N–H and O–H groups in total. The van der Waals surface area contributed by atoms with Gasteiger partial charge in [0.25, 0.3) is 0 Å². The summed E-state index contributed by atoms with van der Waals surface area (Å²) in [7, 11) is 0. The number of hydrogen-bond donors (Lipinski definition) is 0. The van der Waals surface area contributed by atoms with E-state index in [1.807, 2.05) is 24.3 Å². The fourth-order valence-corrected chi connectivity index (χ4v) is 2.89. The quantitative estimate of drug-likeness (QED) is 0.476. The van der Waals surface area contributed by atoms with E-state index in [1.54, 1.807) is 25.1 Å². The Balaban J connectivity index is 1.57. The molecule has 5 nitrogen and oxygen atoms in total. The molecule has 1 aromatic carbocycles. The molecule has 7 heteroatoms. The maximum Gasteiger partial charge on any atom is 0.223 e. The van der Waals surface area contributed by atoms with Crippen LogP contribution in [-0.2, 0) is 6.61 Å². The third-order valence-corrected chi connectivity index (χ3v) is 4.31. The number of aryl methyl sites for hydroxylation is 1. The second kappa shape index (κ2) is 7.42. The van der Waals surface area contributed by atoms with E-state index in [-0.39, 0.29) is 12.4 Å². The van der Waals surface area contributed by atoms with Gasteiger partial charge in [0, 0.05) is 6.92 Å². The van der Waals surface area contributed by atoms with Gasteiger partial charge in [0.15, 0.2) is 12.4 Å². The molecule has 0 aliphatic heterocycles. The molecule has 0 fully saturated rings. The van der Waals surface area contributed by atoms with Gasteiger partial charge in [-0.05, 0) is 35.9 Å². The van der Waals surface area contributed by atoms with Gasteiger partial charge in [-0.25, -0.2) is 0 Å². The number of benzene rings is 1. The van der Waals surface area contributed by atoms with Crippen molar-refractivity contribution in [3.8, 4) is 5.75 Å². The van der Waals surface area contributed by atoms with Gasteiger partial charge < -0.3 is 9.26 Å². The molecule has 2 heterocycles. The summed E-state index contributed by atoms with van der Waals surface area (Å²) in [5.41, 5.74) is 0.897. The van der Waals surface area contributed by atoms with Gasteiger partial charge in [0.1, 0.15) is 5.75 Å². The lowest BCUT2D eigenvalue weighted by molar-refractivity contribution is 0.105. The van der Waals surface area contributed by atoms with E-state index in [9.17, 15) is 4.79 Å². The minimum absolute atomic E-state index is 0.0697. The molecule has 0 saturated heterocycles. The van der Waals surface area contributed by atoms with Crippen LogP contribution in [0, 0.1) is 6.92 Å². The summed E-state index contributed by atoms with van der Waals surface area (Å²) in [5, 5.41) is 3.76. The summed E-state index contributed by atoms with van der Waals surface area (Å²) >= 11 is 7.09. The topological polar surface area (TPSA) is 65.2 Å². The van der Waals surface area contributed by atoms with Crippen molar-refractivity contribution in [1.82, 2.24) is 10.1 Å². The van der Waals surface area contributed by atoms with Gasteiger partial charge in [0.05, 0.1) is 9.21 Å². The van der Waals surface area contributed by atoms with Gasteiger partial charge >= 0.3 is 0 Å². The van der Waals surface area contributed by atoms with Crippen molar-refractivity contribution in [2.75, 3.05) is 0 Å². The Morgan fingerprint density at radius 1 is 1.29 bits per heavy atom. The molecule has 0 saturated carbocycles. The summed E-state index contributed by atoms with van der Waals surface area (Å²) in [4.78, 5) is 16.7. The van der Waals surface area contributed by atoms with Crippen LogP contribution in [0.2, 0.25) is 4.34 Å². The van der Waals surface area contributed by atoms with E-state index in [0.29, 0.717) is 26.7 Å². The van der Waals surface area contributed by atoms with Crippen molar-refractivity contribution in [1.29, 1.82) is 0 Å². The minimum Gasteiger partial charge on any atom is -0.485 e. The molecule has 0 amide bonds. The predicted octanol–water partition coefficient (Wildman–Crippen LogP) is 4.57. The number of thiophene rings is 1. The highest BCUT2D eigenvalue weighted by molar-refractivity contribution is 7.18. The minimum atomic E-state index is -0.0697. The highest BCUT2D eigenvalue weighted by Gasteiger charge is 2.05. The first-order chi connectivity index (χ1) is 11.6. The summed E-state index contributed by atoms with van der Waals surface area (Å²) in [6, 6.07) is 10.8. The molecule has 0 aliphatic carbocycles. The first-order valence-corrected chi connectivity index (χ1v) is 8.29. The molecular weight excluding hydrogens is 348 g/mol. The summed E-state index contributed by atoms with van der Waals surface area (Å²) in [6.07, 6.45) is 3.28. The van der Waals surface area contributed by atoms with E-state index in [0.717, 1.165) is 5.56 Å². The fourth-order valence-electron chi connectivity index (χ4n) is 1.92. The number of halogens is 1. The number of hydrogen-bond acceptors (Lipinski definition) is 6. The highest BCUT2D eigenvalue weighted by atomic mass is 35.5. The molecular formula is C17H13ClN2O3S. The van der Waals surface area contributed by atoms with Crippen molar-refractivity contribution in [3.63, 3.8) is 0 Å². The highest BCUT2D eigenvalue weighted by Crippen LogP contribution is 2.22. The molecule has 0 unspecified atom stereocenters. The number of ether oxygens (including phenoxy) is 1. The van der Waals surface area contributed by atoms with Crippen LogP contribution in [0.25, 0.3) is 6.08 Å². The molecule has 0 bridgehead atoms. The number of carbonyl (C=O) groups is 1. The lowest BCUT2D eigenvalue weighted by Crippen LogP contribution is -1.97. The Labute approximate surface area is 147 Å². The second-order valence-electron chi connectivity index (χ2n) is 4.89. The Hall–Kier alpha value is -2.44. The smallest absolute Gasteiger partial charge is 0.223 e. The fraction of sp³-hybridized carbons (Fsp3) is 0.118. The average molecular weight is 361 g/mol. The van der Waals surface area contributed by atoms with Crippen LogP contribution in [0.5, 0.6) is 5.75 Å². The van der Waals surface area contributed by atoms with Gasteiger partial charge in [-0.1, -0.05) is 35.0 Å². The third kappa shape index (κ3) is 4.31. The Morgan fingerprint density at radius 2 is 2.08 bits per heavy atom. The van der Waals surface area contributed by atoms with Crippen LogP contribution >= 0.6 is 22.9 Å². The molecule has 122 valence electrons. The summed E-state index contributed by atoms with van der Waals surface area (Å²) < 4.78 is 11.0. The average Bonchev–Trinajstić information content (AvgIpc) is 3.20. The van der Waals surface area contributed by atoms with Crippen LogP contribution in [-0.4, -0.2) is 15.9 Å². The molecule has 2 aromatic heterocycles. The Morgan fingerprint density at radius 3 is 2.71 bits per heavy atom. The lowest BCUT2D eigenvalue weighted by Gasteiger charge is -2.03. The monoisotopic (exact) mass is 360 g/mol. The number of ketones is 1. The van der Waals surface area contributed by atoms with E-state index in [4.69, 9.17) is 20.9 Å². The number of nitrogens with zero attached hydrogens (tertiary/aromatic N) is 2. The maximum absolute atomic E-state index is 12.0. The first-order valence-electron chi connectivity index (χ1n) is 7.10. The first kappa shape index (κ1) is 16.4. The molecule has 3 rings (SSSR count). The number of allylic oxidation sites excluding steroid dienone is 1. The van der Waals surface area contributed by atoms with Crippen molar-refractivity contribution in [2.45, 2.75) is 13.5 Å². The standard InChI is InChI=1S/C17H13ClN2O3S/c1-11-19-17(20-23-11)10-22-13-5-2-12(3-6-13)4-7-14(21)15-8-9-16(18)24-15/h2-9H,10H2,1H3. The zero-order chi connectivity index (χ0) is 16.9. The maximum atomic E-state index is 12.0. The lowest BCUT2D eigenvalue weighted by atomic mass is 10.2. The van der Waals surface area contributed by atoms with Gasteiger partial charge in [-0.15, -0.1) is 11.3 Å². The van der Waals surface area contributed by atoms with Crippen LogP contribution in [0.3, 0.4) is 0 Å². The van der Waals surface area contributed by atoms with Crippen molar-refractivity contribution >= 4 is 34.8 Å². The molecule has 24 heavy (non-hydrogen) atoms. The van der Waals surface area contributed by atoms with Crippen LogP contribution in [0.4, 0.5) is 0 Å².